The van der Waals surface area contributed by atoms with Gasteiger partial charge in [-0.25, -0.2) is 0 Å². The Morgan fingerprint density at radius 1 is 0.964 bits per heavy atom. The van der Waals surface area contributed by atoms with Crippen molar-refractivity contribution in [2.75, 3.05) is 0 Å². The van der Waals surface area contributed by atoms with Crippen LogP contribution >= 0.6 is 0 Å². The number of alkyl halides is 3. The van der Waals surface area contributed by atoms with Gasteiger partial charge in [0.1, 0.15) is 5.78 Å². The molecule has 0 N–H and O–H groups in total. The molecular formula is C23H20F3NO. The van der Waals surface area contributed by atoms with Crippen LogP contribution in [0.4, 0.5) is 13.2 Å². The number of pyridine rings is 1. The zero-order valence-corrected chi connectivity index (χ0v) is 15.4. The Kier molecular flexibility index (Phi) is 5.93. The maximum Gasteiger partial charge on any atom is 0.396 e. The van der Waals surface area contributed by atoms with Gasteiger partial charge in [-0.1, -0.05) is 54.6 Å². The third-order valence-electron chi connectivity index (χ3n) is 4.61. The molecular weight excluding hydrogens is 363 g/mol. The van der Waals surface area contributed by atoms with Crippen LogP contribution < -0.4 is 0 Å². The van der Waals surface area contributed by atoms with Crippen LogP contribution in [-0.2, 0) is 11.2 Å². The Morgan fingerprint density at radius 2 is 1.64 bits per heavy atom. The second-order valence-electron chi connectivity index (χ2n) is 6.81. The van der Waals surface area contributed by atoms with Crippen molar-refractivity contribution in [2.45, 2.75) is 31.9 Å². The van der Waals surface area contributed by atoms with Crippen molar-refractivity contribution < 1.29 is 18.0 Å². The fraction of sp³-hybridized carbons (Fsp3) is 0.217. The summed E-state index contributed by atoms with van der Waals surface area (Å²) in [6, 6.07) is 18.7. The van der Waals surface area contributed by atoms with E-state index in [1.165, 1.54) is 12.1 Å². The molecule has 0 saturated carbocycles. The Labute approximate surface area is 162 Å². The zero-order chi connectivity index (χ0) is 20.1. The second-order valence-corrected chi connectivity index (χ2v) is 6.81. The smallest absolute Gasteiger partial charge is 0.299 e. The van der Waals surface area contributed by atoms with E-state index in [4.69, 9.17) is 0 Å². The Hall–Kier alpha value is -2.95. The maximum absolute atomic E-state index is 13.4. The van der Waals surface area contributed by atoms with Crippen LogP contribution in [0.2, 0.25) is 0 Å². The highest BCUT2D eigenvalue weighted by atomic mass is 19.4. The summed E-state index contributed by atoms with van der Waals surface area (Å²) in [5.41, 5.74) is 3.70. The SMILES string of the molecule is Cc1cc(-c2ccc(CC(=O)CC(c3ccccc3)C(F)(F)F)cc2)ccn1. The molecule has 0 saturated heterocycles. The molecule has 2 aromatic carbocycles. The highest BCUT2D eigenvalue weighted by Gasteiger charge is 2.41. The maximum atomic E-state index is 13.4. The molecule has 1 atom stereocenters. The summed E-state index contributed by atoms with van der Waals surface area (Å²) in [4.78, 5) is 16.5. The topological polar surface area (TPSA) is 30.0 Å². The van der Waals surface area contributed by atoms with Crippen molar-refractivity contribution in [3.8, 4) is 11.1 Å². The minimum Gasteiger partial charge on any atom is -0.299 e. The van der Waals surface area contributed by atoms with Crippen LogP contribution in [0, 0.1) is 6.92 Å². The van der Waals surface area contributed by atoms with Crippen molar-refractivity contribution in [1.29, 1.82) is 0 Å². The van der Waals surface area contributed by atoms with E-state index in [9.17, 15) is 18.0 Å². The number of halogens is 3. The van der Waals surface area contributed by atoms with Gasteiger partial charge in [0, 0.05) is 24.7 Å². The van der Waals surface area contributed by atoms with Gasteiger partial charge in [-0.2, -0.15) is 13.2 Å². The predicted octanol–water partition coefficient (Wildman–Crippen LogP) is 5.90. The van der Waals surface area contributed by atoms with Gasteiger partial charge in [-0.3, -0.25) is 9.78 Å². The largest absolute Gasteiger partial charge is 0.396 e. The van der Waals surface area contributed by atoms with E-state index in [0.29, 0.717) is 5.56 Å². The second kappa shape index (κ2) is 8.38. The van der Waals surface area contributed by atoms with Crippen LogP contribution in [0.25, 0.3) is 11.1 Å². The molecule has 1 heterocycles. The van der Waals surface area contributed by atoms with E-state index in [0.717, 1.165) is 16.8 Å². The van der Waals surface area contributed by atoms with Crippen LogP contribution in [0.15, 0.2) is 72.9 Å². The predicted molar refractivity (Wildman–Crippen MR) is 103 cm³/mol. The average molecular weight is 383 g/mol. The quantitative estimate of drug-likeness (QED) is 0.530. The van der Waals surface area contributed by atoms with E-state index >= 15 is 0 Å². The molecule has 1 aromatic heterocycles. The third-order valence-corrected chi connectivity index (χ3v) is 4.61. The first-order valence-corrected chi connectivity index (χ1v) is 8.98. The highest BCUT2D eigenvalue weighted by molar-refractivity contribution is 5.82. The number of carbonyl (C=O) groups excluding carboxylic acids is 1. The fourth-order valence-electron chi connectivity index (χ4n) is 3.18. The molecule has 3 rings (SSSR count). The fourth-order valence-corrected chi connectivity index (χ4v) is 3.18. The number of carbonyl (C=O) groups is 1. The van der Waals surface area contributed by atoms with E-state index in [2.05, 4.69) is 4.98 Å². The Morgan fingerprint density at radius 3 is 2.25 bits per heavy atom. The minimum absolute atomic E-state index is 0.0188. The Bertz CT molecular complexity index is 934. The Balaban J connectivity index is 1.70. The number of nitrogens with zero attached hydrogens (tertiary/aromatic N) is 1. The van der Waals surface area contributed by atoms with E-state index in [1.54, 1.807) is 36.5 Å². The van der Waals surface area contributed by atoms with Crippen molar-refractivity contribution in [3.05, 3.63) is 89.7 Å². The molecule has 0 amide bonds. The molecule has 0 aliphatic carbocycles. The molecule has 2 nitrogen and oxygen atoms in total. The highest BCUT2D eigenvalue weighted by Crippen LogP contribution is 2.37. The zero-order valence-electron chi connectivity index (χ0n) is 15.4. The van der Waals surface area contributed by atoms with E-state index in [-0.39, 0.29) is 12.0 Å². The van der Waals surface area contributed by atoms with Crippen molar-refractivity contribution in [2.24, 2.45) is 0 Å². The lowest BCUT2D eigenvalue weighted by Gasteiger charge is -2.20. The molecule has 0 fully saturated rings. The third kappa shape index (κ3) is 5.06. The van der Waals surface area contributed by atoms with Crippen molar-refractivity contribution >= 4 is 5.78 Å². The van der Waals surface area contributed by atoms with Gasteiger partial charge in [0.2, 0.25) is 0 Å². The lowest BCUT2D eigenvalue weighted by molar-refractivity contribution is -0.156. The number of hydrogen-bond acceptors (Lipinski definition) is 2. The molecule has 144 valence electrons. The van der Waals surface area contributed by atoms with Gasteiger partial charge < -0.3 is 0 Å². The number of benzene rings is 2. The molecule has 0 spiro atoms. The van der Waals surface area contributed by atoms with Gasteiger partial charge in [-0.05, 0) is 41.3 Å². The molecule has 0 bridgehead atoms. The normalized spacial score (nSPS) is 12.6. The number of rotatable bonds is 6. The molecule has 0 aliphatic rings. The van der Waals surface area contributed by atoms with Gasteiger partial charge in [0.15, 0.2) is 0 Å². The lowest BCUT2D eigenvalue weighted by Crippen LogP contribution is -2.24. The first-order chi connectivity index (χ1) is 13.3. The number of aryl methyl sites for hydroxylation is 1. The van der Waals surface area contributed by atoms with Gasteiger partial charge in [0.05, 0.1) is 5.92 Å². The molecule has 0 radical (unpaired) electrons. The number of ketones is 1. The summed E-state index contributed by atoms with van der Waals surface area (Å²) in [5, 5.41) is 0. The first-order valence-electron chi connectivity index (χ1n) is 8.98. The lowest BCUT2D eigenvalue weighted by atomic mass is 9.91. The van der Waals surface area contributed by atoms with Gasteiger partial charge in [-0.15, -0.1) is 0 Å². The molecule has 3 aromatic rings. The summed E-state index contributed by atoms with van der Waals surface area (Å²) < 4.78 is 40.3. The summed E-state index contributed by atoms with van der Waals surface area (Å²) in [6.45, 7) is 1.90. The average Bonchev–Trinajstić information content (AvgIpc) is 2.66. The standard InChI is InChI=1S/C23H20F3NO/c1-16-13-20(11-12-27-16)18-9-7-17(8-10-18)14-21(28)15-22(23(24,25)26)19-5-3-2-4-6-19/h2-13,22H,14-15H2,1H3. The minimum atomic E-state index is -4.46. The van der Waals surface area contributed by atoms with E-state index < -0.39 is 24.3 Å². The first kappa shape index (κ1) is 19.8. The van der Waals surface area contributed by atoms with Crippen LogP contribution in [0.5, 0.6) is 0 Å². The van der Waals surface area contributed by atoms with Crippen LogP contribution in [-0.4, -0.2) is 16.9 Å². The van der Waals surface area contributed by atoms with Crippen molar-refractivity contribution in [3.63, 3.8) is 0 Å². The number of Topliss-reactive ketones (excluding diaryl/α,β-unsaturated/α-hetero) is 1. The number of aromatic nitrogens is 1. The molecule has 1 unspecified atom stereocenters. The van der Waals surface area contributed by atoms with Crippen LogP contribution in [0.1, 0.15) is 29.2 Å². The monoisotopic (exact) mass is 383 g/mol. The van der Waals surface area contributed by atoms with Gasteiger partial charge >= 0.3 is 6.18 Å². The van der Waals surface area contributed by atoms with E-state index in [1.807, 2.05) is 31.2 Å². The summed E-state index contributed by atoms with van der Waals surface area (Å²) >= 11 is 0. The summed E-state index contributed by atoms with van der Waals surface area (Å²) in [6.07, 6.45) is -3.31. The summed E-state index contributed by atoms with van der Waals surface area (Å²) in [7, 11) is 0. The van der Waals surface area contributed by atoms with Gasteiger partial charge in [0.25, 0.3) is 0 Å². The van der Waals surface area contributed by atoms with Crippen molar-refractivity contribution in [1.82, 2.24) is 4.98 Å². The molecule has 28 heavy (non-hydrogen) atoms. The summed E-state index contributed by atoms with van der Waals surface area (Å²) in [5.74, 6) is -2.21. The van der Waals surface area contributed by atoms with Crippen LogP contribution in [0.3, 0.4) is 0 Å². The molecule has 5 heteroatoms. The molecule has 0 aliphatic heterocycles. The number of hydrogen-bond donors (Lipinski definition) is 0.